The molecule has 1 aromatic rings. The summed E-state index contributed by atoms with van der Waals surface area (Å²) in [6, 6.07) is 2.76. The Balaban J connectivity index is 1.87. The van der Waals surface area contributed by atoms with E-state index in [1.807, 2.05) is 6.92 Å². The molecule has 0 aliphatic carbocycles. The zero-order chi connectivity index (χ0) is 17.4. The molecule has 1 atom stereocenters. The van der Waals surface area contributed by atoms with Crippen molar-refractivity contribution in [3.05, 3.63) is 24.2 Å². The van der Waals surface area contributed by atoms with Gasteiger partial charge in [-0.2, -0.15) is 0 Å². The summed E-state index contributed by atoms with van der Waals surface area (Å²) in [5.41, 5.74) is 0. The van der Waals surface area contributed by atoms with Crippen molar-refractivity contribution in [2.24, 2.45) is 0 Å². The first-order valence-electron chi connectivity index (χ1n) is 8.07. The lowest BCUT2D eigenvalue weighted by Gasteiger charge is -2.34. The van der Waals surface area contributed by atoms with Gasteiger partial charge in [0.25, 0.3) is 0 Å². The monoisotopic (exact) mass is 337 g/mol. The summed E-state index contributed by atoms with van der Waals surface area (Å²) in [5.74, 6) is -0.307. The Bertz CT molecular complexity index is 558. The summed E-state index contributed by atoms with van der Waals surface area (Å²) in [7, 11) is 0. The van der Waals surface area contributed by atoms with Crippen LogP contribution in [0.15, 0.2) is 22.8 Å². The van der Waals surface area contributed by atoms with E-state index in [1.165, 1.54) is 4.90 Å². The number of nitrogens with zero attached hydrogens (tertiary/aromatic N) is 1. The van der Waals surface area contributed by atoms with Crippen LogP contribution in [0.2, 0.25) is 0 Å². The number of piperazine rings is 1. The summed E-state index contributed by atoms with van der Waals surface area (Å²) in [6.07, 6.45) is 2.14. The molecular weight excluding hydrogens is 314 g/mol. The third-order valence-electron chi connectivity index (χ3n) is 3.63. The minimum absolute atomic E-state index is 0.0640. The summed E-state index contributed by atoms with van der Waals surface area (Å²) in [4.78, 5) is 37.6. The molecule has 2 rings (SSSR count). The molecular formula is C16H23N3O5. The number of carbonyl (C=O) groups excluding carboxylic acids is 3. The van der Waals surface area contributed by atoms with E-state index >= 15 is 0 Å². The van der Waals surface area contributed by atoms with E-state index in [9.17, 15) is 14.4 Å². The van der Waals surface area contributed by atoms with Crippen molar-refractivity contribution < 1.29 is 23.5 Å². The number of carbonyl (C=O) groups is 3. The van der Waals surface area contributed by atoms with E-state index in [2.05, 4.69) is 10.6 Å². The summed E-state index contributed by atoms with van der Waals surface area (Å²) >= 11 is 0. The maximum absolute atomic E-state index is 12.4. The molecule has 1 aliphatic rings. The van der Waals surface area contributed by atoms with Crippen molar-refractivity contribution in [2.45, 2.75) is 32.4 Å². The van der Waals surface area contributed by atoms with Gasteiger partial charge in [-0.15, -0.1) is 0 Å². The van der Waals surface area contributed by atoms with Crippen LogP contribution in [0, 0.1) is 0 Å². The number of hydrogen-bond acceptors (Lipinski definition) is 6. The maximum Gasteiger partial charge on any atom is 0.308 e. The Hall–Kier alpha value is -2.35. The van der Waals surface area contributed by atoms with Crippen molar-refractivity contribution in [3.63, 3.8) is 0 Å². The van der Waals surface area contributed by atoms with Crippen LogP contribution in [0.4, 0.5) is 0 Å². The van der Waals surface area contributed by atoms with E-state index in [0.717, 1.165) is 5.76 Å². The number of amides is 2. The molecule has 0 spiro atoms. The first kappa shape index (κ1) is 18.0. The van der Waals surface area contributed by atoms with Gasteiger partial charge in [0.1, 0.15) is 11.8 Å². The van der Waals surface area contributed by atoms with Crippen molar-refractivity contribution in [1.29, 1.82) is 0 Å². The molecule has 0 aromatic carbocycles. The number of furan rings is 1. The van der Waals surface area contributed by atoms with E-state index in [1.54, 1.807) is 18.4 Å². The third kappa shape index (κ3) is 5.09. The molecule has 132 valence electrons. The lowest BCUT2D eigenvalue weighted by Crippen LogP contribution is -2.59. The largest absolute Gasteiger partial charge is 0.468 e. The minimum atomic E-state index is -0.819. The Kier molecular flexibility index (Phi) is 6.80. The van der Waals surface area contributed by atoms with Gasteiger partial charge >= 0.3 is 5.97 Å². The first-order valence-corrected chi connectivity index (χ1v) is 8.07. The zero-order valence-corrected chi connectivity index (χ0v) is 13.7. The van der Waals surface area contributed by atoms with Crippen molar-refractivity contribution >= 4 is 17.8 Å². The minimum Gasteiger partial charge on any atom is -0.468 e. The highest BCUT2D eigenvalue weighted by Gasteiger charge is 2.34. The second kappa shape index (κ2) is 9.07. The molecule has 0 bridgehead atoms. The van der Waals surface area contributed by atoms with Gasteiger partial charge in [0.05, 0.1) is 32.4 Å². The number of hydrogen-bond donors (Lipinski definition) is 2. The molecule has 1 saturated heterocycles. The van der Waals surface area contributed by atoms with Crippen LogP contribution in [0.3, 0.4) is 0 Å². The molecule has 2 amide bonds. The van der Waals surface area contributed by atoms with Crippen LogP contribution in [0.25, 0.3) is 0 Å². The lowest BCUT2D eigenvalue weighted by atomic mass is 10.1. The Morgan fingerprint density at radius 2 is 2.33 bits per heavy atom. The van der Waals surface area contributed by atoms with Gasteiger partial charge in [0.15, 0.2) is 0 Å². The van der Waals surface area contributed by atoms with Gasteiger partial charge in [-0.05, 0) is 18.6 Å². The maximum atomic E-state index is 12.4. The quantitative estimate of drug-likeness (QED) is 0.650. The van der Waals surface area contributed by atoms with E-state index in [-0.39, 0.29) is 24.8 Å². The Labute approximate surface area is 140 Å². The normalized spacial score (nSPS) is 17.5. The summed E-state index contributed by atoms with van der Waals surface area (Å²) < 4.78 is 10.2. The van der Waals surface area contributed by atoms with Crippen LogP contribution < -0.4 is 10.6 Å². The molecule has 8 heteroatoms. The predicted molar refractivity (Wildman–Crippen MR) is 84.8 cm³/mol. The topological polar surface area (TPSA) is 101 Å². The molecule has 1 aromatic heterocycles. The van der Waals surface area contributed by atoms with Gasteiger partial charge in [-0.1, -0.05) is 6.92 Å². The second-order valence-electron chi connectivity index (χ2n) is 5.50. The fraction of sp³-hybridized carbons (Fsp3) is 0.562. The molecule has 2 heterocycles. The predicted octanol–water partition coefficient (Wildman–Crippen LogP) is 0.0395. The van der Waals surface area contributed by atoms with Crippen LogP contribution in [-0.2, 0) is 25.7 Å². The standard InChI is InChI=1S/C16H23N3O5/c1-2-7-24-15(21)9-13-16(22)18-5-6-19(13)14(20)11-17-10-12-4-3-8-23-12/h3-4,8,13,17H,2,5-7,9-11H2,1H3,(H,18,22). The fourth-order valence-corrected chi connectivity index (χ4v) is 2.46. The Morgan fingerprint density at radius 1 is 1.50 bits per heavy atom. The third-order valence-corrected chi connectivity index (χ3v) is 3.63. The molecule has 1 aliphatic heterocycles. The van der Waals surface area contributed by atoms with Gasteiger partial charge in [-0.25, -0.2) is 0 Å². The van der Waals surface area contributed by atoms with Gasteiger partial charge in [-0.3, -0.25) is 14.4 Å². The van der Waals surface area contributed by atoms with Gasteiger partial charge in [0, 0.05) is 13.1 Å². The Morgan fingerprint density at radius 3 is 3.04 bits per heavy atom. The molecule has 0 saturated carbocycles. The molecule has 8 nitrogen and oxygen atoms in total. The smallest absolute Gasteiger partial charge is 0.308 e. The van der Waals surface area contributed by atoms with Gasteiger partial charge in [0.2, 0.25) is 11.8 Å². The number of rotatable bonds is 8. The van der Waals surface area contributed by atoms with Crippen LogP contribution in [-0.4, -0.2) is 55.0 Å². The van der Waals surface area contributed by atoms with Crippen LogP contribution in [0.1, 0.15) is 25.5 Å². The molecule has 24 heavy (non-hydrogen) atoms. The first-order chi connectivity index (χ1) is 11.6. The molecule has 1 unspecified atom stereocenters. The second-order valence-corrected chi connectivity index (χ2v) is 5.50. The lowest BCUT2D eigenvalue weighted by molar-refractivity contribution is -0.151. The SMILES string of the molecule is CCCOC(=O)CC1C(=O)NCCN1C(=O)CNCc1ccco1. The number of nitrogens with one attached hydrogen (secondary N) is 2. The molecule has 0 radical (unpaired) electrons. The molecule has 2 N–H and O–H groups in total. The van der Waals surface area contributed by atoms with Crippen molar-refractivity contribution in [2.75, 3.05) is 26.2 Å². The average Bonchev–Trinajstić information content (AvgIpc) is 3.08. The highest BCUT2D eigenvalue weighted by Crippen LogP contribution is 2.10. The van der Waals surface area contributed by atoms with Crippen LogP contribution >= 0.6 is 0 Å². The van der Waals surface area contributed by atoms with E-state index in [0.29, 0.717) is 32.7 Å². The zero-order valence-electron chi connectivity index (χ0n) is 13.7. The van der Waals surface area contributed by atoms with Gasteiger partial charge < -0.3 is 24.7 Å². The number of esters is 1. The fourth-order valence-electron chi connectivity index (χ4n) is 2.46. The van der Waals surface area contributed by atoms with Crippen molar-refractivity contribution in [3.8, 4) is 0 Å². The van der Waals surface area contributed by atoms with Crippen molar-refractivity contribution in [1.82, 2.24) is 15.5 Å². The molecule has 1 fully saturated rings. The average molecular weight is 337 g/mol. The number of ether oxygens (including phenoxy) is 1. The summed E-state index contributed by atoms with van der Waals surface area (Å²) in [6.45, 7) is 3.44. The van der Waals surface area contributed by atoms with E-state index < -0.39 is 12.0 Å². The van der Waals surface area contributed by atoms with Crippen LogP contribution in [0.5, 0.6) is 0 Å². The van der Waals surface area contributed by atoms with E-state index in [4.69, 9.17) is 9.15 Å². The highest BCUT2D eigenvalue weighted by molar-refractivity contribution is 5.92. The highest BCUT2D eigenvalue weighted by atomic mass is 16.5. The summed E-state index contributed by atoms with van der Waals surface area (Å²) in [5, 5.41) is 5.66.